The molecule has 0 aliphatic carbocycles. The van der Waals surface area contributed by atoms with Crippen LogP contribution in [0.3, 0.4) is 0 Å². The van der Waals surface area contributed by atoms with Crippen LogP contribution in [-0.4, -0.2) is 30.6 Å². The van der Waals surface area contributed by atoms with Crippen LogP contribution in [0.15, 0.2) is 24.3 Å². The van der Waals surface area contributed by atoms with E-state index in [2.05, 4.69) is 34.5 Å². The van der Waals surface area contributed by atoms with Crippen molar-refractivity contribution < 1.29 is 0 Å². The highest BCUT2D eigenvalue weighted by molar-refractivity contribution is 5.85. The predicted octanol–water partition coefficient (Wildman–Crippen LogP) is 2.61. The van der Waals surface area contributed by atoms with Gasteiger partial charge in [0.25, 0.3) is 0 Å². The fraction of sp³-hybridized carbons (Fsp3) is 0.600. The van der Waals surface area contributed by atoms with Gasteiger partial charge in [0.05, 0.1) is 0 Å². The molecule has 3 heteroatoms. The Labute approximate surface area is 116 Å². The van der Waals surface area contributed by atoms with E-state index in [9.17, 15) is 0 Å². The van der Waals surface area contributed by atoms with Crippen LogP contribution in [0.2, 0.25) is 0 Å². The number of nitrogens with one attached hydrogen (secondary N) is 1. The van der Waals surface area contributed by atoms with Crippen LogP contribution >= 0.6 is 12.4 Å². The number of nitrogens with zero attached hydrogens (tertiary/aromatic N) is 1. The molecule has 100 valence electrons. The molecule has 18 heavy (non-hydrogen) atoms. The minimum absolute atomic E-state index is 0. The lowest BCUT2D eigenvalue weighted by atomic mass is 9.98. The van der Waals surface area contributed by atoms with Gasteiger partial charge in [0, 0.05) is 25.7 Å². The SMILES string of the molecule is Cl.c1ccc2c(c1)CCN(CC1CCCCN1)C2. The predicted molar refractivity (Wildman–Crippen MR) is 78.3 cm³/mol. The van der Waals surface area contributed by atoms with Gasteiger partial charge in [-0.1, -0.05) is 30.7 Å². The summed E-state index contributed by atoms with van der Waals surface area (Å²) in [4.78, 5) is 2.62. The zero-order valence-electron chi connectivity index (χ0n) is 10.9. The van der Waals surface area contributed by atoms with Crippen molar-refractivity contribution in [3.63, 3.8) is 0 Å². The minimum Gasteiger partial charge on any atom is -0.313 e. The van der Waals surface area contributed by atoms with Crippen molar-refractivity contribution in [3.8, 4) is 0 Å². The molecule has 2 aliphatic heterocycles. The lowest BCUT2D eigenvalue weighted by molar-refractivity contribution is 0.209. The average Bonchev–Trinajstić information content (AvgIpc) is 2.40. The first-order valence-electron chi connectivity index (χ1n) is 6.94. The average molecular weight is 267 g/mol. The molecule has 1 unspecified atom stereocenters. The van der Waals surface area contributed by atoms with E-state index in [0.29, 0.717) is 0 Å². The third kappa shape index (κ3) is 3.25. The van der Waals surface area contributed by atoms with Crippen molar-refractivity contribution in [2.75, 3.05) is 19.6 Å². The first-order valence-corrected chi connectivity index (χ1v) is 6.94. The highest BCUT2D eigenvalue weighted by Crippen LogP contribution is 2.19. The number of fused-ring (bicyclic) bond motifs is 1. The zero-order chi connectivity index (χ0) is 11.5. The number of rotatable bonds is 2. The zero-order valence-corrected chi connectivity index (χ0v) is 11.7. The summed E-state index contributed by atoms with van der Waals surface area (Å²) in [6.07, 6.45) is 5.35. The minimum atomic E-state index is 0. The summed E-state index contributed by atoms with van der Waals surface area (Å²) >= 11 is 0. The molecule has 2 heterocycles. The van der Waals surface area contributed by atoms with Crippen molar-refractivity contribution in [1.29, 1.82) is 0 Å². The molecule has 0 bridgehead atoms. The first-order chi connectivity index (χ1) is 8.42. The number of piperidine rings is 1. The van der Waals surface area contributed by atoms with E-state index in [4.69, 9.17) is 0 Å². The van der Waals surface area contributed by atoms with E-state index in [0.717, 1.165) is 12.6 Å². The maximum atomic E-state index is 3.65. The summed E-state index contributed by atoms with van der Waals surface area (Å²) in [6.45, 7) is 4.83. The first kappa shape index (κ1) is 13.9. The van der Waals surface area contributed by atoms with Gasteiger partial charge in [-0.15, -0.1) is 12.4 Å². The van der Waals surface area contributed by atoms with Gasteiger partial charge in [-0.3, -0.25) is 4.90 Å². The van der Waals surface area contributed by atoms with Crippen molar-refractivity contribution in [2.45, 2.75) is 38.3 Å². The Morgan fingerprint density at radius 3 is 2.78 bits per heavy atom. The maximum absolute atomic E-state index is 3.65. The molecule has 1 N–H and O–H groups in total. The molecule has 1 saturated heterocycles. The lowest BCUT2D eigenvalue weighted by Crippen LogP contribution is -2.45. The standard InChI is InChI=1S/C15H22N2.ClH/c1-2-6-14-11-17(10-8-13(14)5-1)12-15-7-3-4-9-16-15;/h1-2,5-6,15-16H,3-4,7-12H2;1H. The van der Waals surface area contributed by atoms with Crippen LogP contribution in [0.4, 0.5) is 0 Å². The summed E-state index contributed by atoms with van der Waals surface area (Å²) in [5, 5.41) is 3.65. The van der Waals surface area contributed by atoms with Gasteiger partial charge >= 0.3 is 0 Å². The highest BCUT2D eigenvalue weighted by Gasteiger charge is 2.20. The van der Waals surface area contributed by atoms with Crippen LogP contribution in [0, 0.1) is 0 Å². The Morgan fingerprint density at radius 2 is 2.00 bits per heavy atom. The number of benzene rings is 1. The fourth-order valence-electron chi connectivity index (χ4n) is 3.10. The number of hydrogen-bond acceptors (Lipinski definition) is 2. The van der Waals surface area contributed by atoms with Gasteiger partial charge in [-0.25, -0.2) is 0 Å². The molecule has 1 atom stereocenters. The molecule has 2 nitrogen and oxygen atoms in total. The molecular formula is C15H23ClN2. The second kappa shape index (κ2) is 6.55. The van der Waals surface area contributed by atoms with Crippen LogP contribution < -0.4 is 5.32 Å². The summed E-state index contributed by atoms with van der Waals surface area (Å²) in [5.41, 5.74) is 3.09. The maximum Gasteiger partial charge on any atom is 0.0237 e. The largest absolute Gasteiger partial charge is 0.313 e. The summed E-state index contributed by atoms with van der Waals surface area (Å²) < 4.78 is 0. The Bertz CT molecular complexity index is 375. The Kier molecular flexibility index (Phi) is 5.04. The molecule has 2 aliphatic rings. The molecule has 1 fully saturated rings. The van der Waals surface area contributed by atoms with E-state index < -0.39 is 0 Å². The Hall–Kier alpha value is -0.570. The molecule has 0 spiro atoms. The van der Waals surface area contributed by atoms with Crippen molar-refractivity contribution >= 4 is 12.4 Å². The number of hydrogen-bond donors (Lipinski definition) is 1. The summed E-state index contributed by atoms with van der Waals surface area (Å²) in [5.74, 6) is 0. The Morgan fingerprint density at radius 1 is 1.17 bits per heavy atom. The molecular weight excluding hydrogens is 244 g/mol. The smallest absolute Gasteiger partial charge is 0.0237 e. The van der Waals surface area contributed by atoms with Gasteiger partial charge in [0.2, 0.25) is 0 Å². The van der Waals surface area contributed by atoms with E-state index in [-0.39, 0.29) is 12.4 Å². The van der Waals surface area contributed by atoms with Gasteiger partial charge in [-0.05, 0) is 36.9 Å². The summed E-state index contributed by atoms with van der Waals surface area (Å²) in [6, 6.07) is 9.63. The van der Waals surface area contributed by atoms with Crippen LogP contribution in [0.25, 0.3) is 0 Å². The van der Waals surface area contributed by atoms with E-state index in [1.54, 1.807) is 5.56 Å². The molecule has 0 radical (unpaired) electrons. The highest BCUT2D eigenvalue weighted by atomic mass is 35.5. The Balaban J connectivity index is 0.00000120. The molecule has 1 aromatic carbocycles. The normalized spacial score (nSPS) is 24.1. The molecule has 3 rings (SSSR count). The quantitative estimate of drug-likeness (QED) is 0.885. The summed E-state index contributed by atoms with van der Waals surface area (Å²) in [7, 11) is 0. The third-order valence-electron chi connectivity index (χ3n) is 4.10. The van der Waals surface area contributed by atoms with Gasteiger partial charge < -0.3 is 5.32 Å². The number of halogens is 1. The van der Waals surface area contributed by atoms with Gasteiger partial charge in [0.15, 0.2) is 0 Å². The molecule has 1 aromatic rings. The lowest BCUT2D eigenvalue weighted by Gasteiger charge is -2.33. The molecule has 0 amide bonds. The van der Waals surface area contributed by atoms with Crippen molar-refractivity contribution in [2.24, 2.45) is 0 Å². The van der Waals surface area contributed by atoms with E-state index >= 15 is 0 Å². The van der Waals surface area contributed by atoms with Gasteiger partial charge in [0.1, 0.15) is 0 Å². The second-order valence-electron chi connectivity index (χ2n) is 5.40. The topological polar surface area (TPSA) is 15.3 Å². The van der Waals surface area contributed by atoms with Crippen molar-refractivity contribution in [3.05, 3.63) is 35.4 Å². The van der Waals surface area contributed by atoms with Crippen LogP contribution in [0.1, 0.15) is 30.4 Å². The molecule has 0 saturated carbocycles. The van der Waals surface area contributed by atoms with Crippen molar-refractivity contribution in [1.82, 2.24) is 10.2 Å². The van der Waals surface area contributed by atoms with Crippen LogP contribution in [0.5, 0.6) is 0 Å². The van der Waals surface area contributed by atoms with Crippen LogP contribution in [-0.2, 0) is 13.0 Å². The third-order valence-corrected chi connectivity index (χ3v) is 4.10. The second-order valence-corrected chi connectivity index (χ2v) is 5.40. The van der Waals surface area contributed by atoms with E-state index in [1.165, 1.54) is 50.9 Å². The monoisotopic (exact) mass is 266 g/mol. The van der Waals surface area contributed by atoms with Gasteiger partial charge in [-0.2, -0.15) is 0 Å². The molecule has 0 aromatic heterocycles. The van der Waals surface area contributed by atoms with E-state index in [1.807, 2.05) is 0 Å². The fourth-order valence-corrected chi connectivity index (χ4v) is 3.10.